The van der Waals surface area contributed by atoms with Crippen LogP contribution in [0.4, 0.5) is 11.6 Å². The number of rotatable bonds is 13. The van der Waals surface area contributed by atoms with Gasteiger partial charge in [-0.2, -0.15) is 0 Å². The molecule has 6 aliphatic rings. The first-order valence-electron chi connectivity index (χ1n) is 34.2. The molecular formula is C60H70Ac6Cl2N28O26. The normalized spacial score (nSPS) is 29.2. The van der Waals surface area contributed by atoms with Crippen molar-refractivity contribution >= 4 is 102 Å². The predicted octanol–water partition coefficient (Wildman–Crippen LogP) is -8.96. The minimum atomic E-state index is -1.25. The molecule has 6 aliphatic heterocycles. The van der Waals surface area contributed by atoms with Crippen molar-refractivity contribution in [3.63, 3.8) is 0 Å². The molecule has 12 aromatic heterocycles. The van der Waals surface area contributed by atoms with Gasteiger partial charge in [-0.25, -0.2) is 79.7 Å². The van der Waals surface area contributed by atoms with Crippen LogP contribution in [-0.2, 0) is 28.4 Å². The molecule has 0 spiro atoms. The number of halogens is 2. The van der Waals surface area contributed by atoms with E-state index in [1.807, 2.05) is 0 Å². The fourth-order valence-corrected chi connectivity index (χ4v) is 13.3. The van der Waals surface area contributed by atoms with Crippen molar-refractivity contribution in [3.8, 4) is 0 Å². The van der Waals surface area contributed by atoms with Gasteiger partial charge >= 0.3 is 0 Å². The second-order valence-corrected chi connectivity index (χ2v) is 26.5. The maximum Gasteiger partial charge on any atom is 0.278 e. The number of azide groups is 1. The van der Waals surface area contributed by atoms with Crippen molar-refractivity contribution in [2.45, 2.75) is 147 Å². The summed E-state index contributed by atoms with van der Waals surface area (Å²) in [4.78, 5) is 93.6. The Morgan fingerprint density at radius 3 is 0.836 bits per heavy atom. The van der Waals surface area contributed by atoms with E-state index in [2.05, 4.69) is 99.7 Å². The minimum Gasteiger partial charge on any atom is -0.394 e. The van der Waals surface area contributed by atoms with Crippen molar-refractivity contribution in [2.75, 3.05) is 45.4 Å². The third-order valence-electron chi connectivity index (χ3n) is 19.0. The van der Waals surface area contributed by atoms with Gasteiger partial charge in [0.2, 0.25) is 0 Å². The van der Waals surface area contributed by atoms with E-state index in [-0.39, 0.29) is 320 Å². The van der Waals surface area contributed by atoms with E-state index >= 15 is 0 Å². The molecule has 0 amide bonds. The van der Waals surface area contributed by atoms with E-state index in [4.69, 9.17) is 93.5 Å². The average Bonchev–Trinajstić information content (AvgIpc) is 1.65. The van der Waals surface area contributed by atoms with E-state index in [0.717, 1.165) is 0 Å². The molecule has 638 valence electrons. The first-order chi connectivity index (χ1) is 55.8. The number of aliphatic hydroxyl groups excluding tert-OH is 18. The van der Waals surface area contributed by atoms with E-state index in [1.165, 1.54) is 103 Å². The molecule has 6 fully saturated rings. The molecule has 12 unspecified atom stereocenters. The van der Waals surface area contributed by atoms with E-state index < -0.39 is 198 Å². The van der Waals surface area contributed by atoms with E-state index in [0.29, 0.717) is 33.5 Å². The largest absolute Gasteiger partial charge is 0.394 e. The minimum absolute atomic E-state index is 0. The first-order valence-corrected chi connectivity index (χ1v) is 35.0. The maximum absolute atomic E-state index is 11.5. The Bertz CT molecular complexity index is 5230. The fourth-order valence-electron chi connectivity index (χ4n) is 13.0. The quantitative estimate of drug-likeness (QED) is 0.0221. The topological polar surface area (TPSA) is 796 Å². The molecule has 12 aromatic rings. The second kappa shape index (κ2) is 48.1. The first kappa shape index (κ1) is 107. The molecule has 122 heavy (non-hydrogen) atoms. The Morgan fingerprint density at radius 2 is 0.566 bits per heavy atom. The van der Waals surface area contributed by atoms with Crippen LogP contribution in [0.3, 0.4) is 0 Å². The van der Waals surface area contributed by atoms with Crippen LogP contribution >= 0.6 is 23.2 Å². The third-order valence-corrected chi connectivity index (χ3v) is 19.5. The summed E-state index contributed by atoms with van der Waals surface area (Å²) in [5.74, 6) is 0.267. The molecule has 62 heteroatoms. The number of hydrogen-bond acceptors (Lipinski definition) is 44. The van der Waals surface area contributed by atoms with Gasteiger partial charge in [0.25, 0.3) is 11.1 Å². The van der Waals surface area contributed by atoms with Crippen LogP contribution in [0.25, 0.3) is 77.4 Å². The van der Waals surface area contributed by atoms with E-state index in [1.54, 1.807) is 0 Å². The average molecular weight is 3030 g/mol. The molecule has 0 bridgehead atoms. The molecule has 6 saturated heterocycles. The van der Waals surface area contributed by atoms with Crippen molar-refractivity contribution in [2.24, 2.45) is 5.11 Å². The summed E-state index contributed by atoms with van der Waals surface area (Å²) >= 11 is 11.8. The molecule has 0 saturated carbocycles. The second-order valence-electron chi connectivity index (χ2n) is 25.8. The van der Waals surface area contributed by atoms with Gasteiger partial charge in [-0.3, -0.25) is 37.0 Å². The number of aromatic amines is 2. The number of anilines is 1. The number of H-pyrrole nitrogens is 2. The van der Waals surface area contributed by atoms with Crippen molar-refractivity contribution in [3.05, 3.63) is 117 Å². The standard InChI is InChI=1S/2C10H11ClN4O4.C10H11N7O4.C10H13N5O4.2C10H12N4O5.6Ac/c2*11-8-5-9(13-2-12-8)15(3-14-5)10-7(18)6(17)4(1-16)19-10;11-16-15-8-5-9(13-2-12-8)17(3-14-5)10-7(20)6(19)4(1-18)21-10;11-8-5-9(13-2-12-8)15(3-14-5)10-7(18)6(17)4(1-16)19-10;2*15-1-4-6(16)7(17)10(19-4)14-3-13-5-8(14)11-2-12-9(5)18;;;;;;/h2*2-4,6-7,10,16-18H,1H2;2-4,6-7,10,18-20H,1H2;2-4,6-7,10,16-18H,1H2,(H2,11,12,13);2*2-4,6-7,10,15-17H,1H2,(H,11,12,18);;;;;;/t6*4-,6?,7?,10-;;;;;;/m111111....../s1. The Hall–Kier alpha value is -1.72. The fraction of sp³-hybridized carbons (Fsp3) is 0.500. The molecule has 18 rings (SSSR count). The summed E-state index contributed by atoms with van der Waals surface area (Å²) in [5, 5.41) is 176. The summed E-state index contributed by atoms with van der Waals surface area (Å²) in [5.41, 5.74) is 16.8. The number of nitrogens with one attached hydrogen (secondary N) is 2. The number of imidazole rings is 6. The summed E-state index contributed by atoms with van der Waals surface area (Å²) in [6, 6.07) is 0. The SMILES string of the molecule is Nc1ncnc2c1ncn2[C@@H]1O[C@H](CO)C(O)C1O.O=c1[nH]cnc2c1ncn2[C@@H]1O[C@H](CO)C(O)C1O.O=c1[nH]cnc2c1ncn2[C@@H]1O[C@H](CO)C(O)C1O.OC[C@H]1O[C@@H](n2cnc3c(Cl)ncnc32)C(O)C1O.OC[C@H]1O[C@@H](n2cnc3c(Cl)ncnc32)C(O)C1O.[Ac].[Ac].[Ac].[Ac].[Ac].[Ac].[N-]=[N+]=Nc1ncnc2c1ncn2[C@@H]1O[C@H](CO)C(O)C1O. The number of nitrogen functional groups attached to an aromatic ring is 1. The van der Waals surface area contributed by atoms with Gasteiger partial charge in [0.05, 0.1) is 90.3 Å². The van der Waals surface area contributed by atoms with Gasteiger partial charge in [-0.15, -0.1) is 0 Å². The van der Waals surface area contributed by atoms with Crippen molar-refractivity contribution < 1.29 is 385 Å². The van der Waals surface area contributed by atoms with Crippen LogP contribution in [0.2, 0.25) is 10.3 Å². The number of hydrogen-bond donors (Lipinski definition) is 21. The van der Waals surface area contributed by atoms with Crippen molar-refractivity contribution in [1.29, 1.82) is 0 Å². The van der Waals surface area contributed by atoms with Crippen LogP contribution in [-0.4, -0.2) is 359 Å². The van der Waals surface area contributed by atoms with Crippen molar-refractivity contribution in [1.82, 2.24) is 117 Å². The van der Waals surface area contributed by atoms with Crippen LogP contribution < -0.4 is 16.9 Å². The number of nitrogens with two attached hydrogens (primary N) is 1. The molecule has 0 aliphatic carbocycles. The zero-order valence-corrected chi connectivity index (χ0v) is 92.3. The van der Waals surface area contributed by atoms with E-state index in [9.17, 15) is 70.9 Å². The van der Waals surface area contributed by atoms with Crippen LogP contribution in [0.15, 0.2) is 90.6 Å². The number of nitrogens with zero attached hydrogens (tertiary/aromatic N) is 25. The smallest absolute Gasteiger partial charge is 0.278 e. The van der Waals surface area contributed by atoms with Gasteiger partial charge in [-0.1, -0.05) is 23.2 Å². The van der Waals surface area contributed by atoms with Gasteiger partial charge in [0.15, 0.2) is 104 Å². The zero-order chi connectivity index (χ0) is 82.8. The molecule has 6 radical (unpaired) electrons. The molecule has 54 nitrogen and oxygen atoms in total. The molecule has 24 atom stereocenters. The van der Waals surface area contributed by atoms with Crippen LogP contribution in [0, 0.1) is 264 Å². The number of aromatic nitrogens is 24. The number of fused-ring (bicyclic) bond motifs is 6. The summed E-state index contributed by atoms with van der Waals surface area (Å²) < 4.78 is 40.7. The van der Waals surface area contributed by atoms with Crippen LogP contribution in [0.5, 0.6) is 0 Å². The molecule has 18 heterocycles. The maximum atomic E-state index is 11.5. The number of aliphatic hydroxyl groups is 18. The summed E-state index contributed by atoms with van der Waals surface area (Å²) in [6.07, 6.45) is -9.70. The monoisotopic (exact) mass is 3030 g/mol. The van der Waals surface area contributed by atoms with Gasteiger partial charge in [-0.05, 0) is 10.6 Å². The van der Waals surface area contributed by atoms with Crippen LogP contribution in [0.1, 0.15) is 37.4 Å². The van der Waals surface area contributed by atoms with Gasteiger partial charge in [0, 0.05) is 269 Å². The molecule has 22 N–H and O–H groups in total. The Balaban J connectivity index is 0.000000200. The Morgan fingerprint density at radius 1 is 0.336 bits per heavy atom. The Kier molecular flexibility index (Phi) is 42.3. The Labute approximate surface area is 904 Å². The molecule has 0 aromatic carbocycles. The third kappa shape index (κ3) is 22.1. The predicted molar refractivity (Wildman–Crippen MR) is 379 cm³/mol. The molecular weight excluding hydrogens is 2960 g/mol. The zero-order valence-electron chi connectivity index (χ0n) is 62.3. The van der Waals surface area contributed by atoms with Gasteiger partial charge in [0.1, 0.15) is 157 Å². The number of ether oxygens (including phenoxy) is 6. The summed E-state index contributed by atoms with van der Waals surface area (Å²) in [7, 11) is 0. The van der Waals surface area contributed by atoms with Gasteiger partial charge < -0.3 is 136 Å². The summed E-state index contributed by atoms with van der Waals surface area (Å²) in [6.45, 7) is -2.45.